The van der Waals surface area contributed by atoms with Crippen molar-refractivity contribution in [2.24, 2.45) is 7.05 Å². The molecule has 178 valence electrons. The molecule has 3 heterocycles. The molecule has 0 amide bonds. The van der Waals surface area contributed by atoms with Gasteiger partial charge in [-0.05, 0) is 58.8 Å². The average Bonchev–Trinajstić information content (AvgIpc) is 3.49. The Bertz CT molecular complexity index is 1700. The number of benzene rings is 4. The molecule has 5 aromatic rings. The predicted octanol–water partition coefficient (Wildman–Crippen LogP) is 3.76. The molecule has 0 atom stereocenters. The summed E-state index contributed by atoms with van der Waals surface area (Å²) >= 11 is 1.82. The fourth-order valence-corrected chi connectivity index (χ4v) is 6.22. The first kappa shape index (κ1) is 23.2. The fraction of sp³-hybridized carbons (Fsp3) is 0.100. The molecule has 0 spiro atoms. The quantitative estimate of drug-likeness (QED) is 0.175. The average molecular weight is 602 g/mol. The second kappa shape index (κ2) is 9.01. The van der Waals surface area contributed by atoms with Crippen molar-refractivity contribution >= 4 is 45.2 Å². The van der Waals surface area contributed by atoms with Gasteiger partial charge >= 0.3 is 0 Å². The Hall–Kier alpha value is -3.23. The molecule has 2 aliphatic heterocycles. The Morgan fingerprint density at radius 2 is 1.69 bits per heavy atom. The molecule has 0 saturated heterocycles. The van der Waals surface area contributed by atoms with Crippen molar-refractivity contribution in [3.63, 3.8) is 0 Å². The van der Waals surface area contributed by atoms with E-state index in [1.807, 2.05) is 17.8 Å². The maximum Gasteiger partial charge on any atom is 0.231 e. The lowest BCUT2D eigenvalue weighted by molar-refractivity contribution is -0.633. The maximum atomic E-state index is 5.68. The molecular formula is C30H23IN2O2S. The van der Waals surface area contributed by atoms with Crippen molar-refractivity contribution in [3.8, 4) is 22.8 Å². The number of hydrogen-bond donors (Lipinski definition) is 0. The number of hydrogen-bond acceptors (Lipinski definition) is 4. The van der Waals surface area contributed by atoms with Crippen molar-refractivity contribution in [1.29, 1.82) is 0 Å². The summed E-state index contributed by atoms with van der Waals surface area (Å²) in [5.41, 5.74) is 5.86. The lowest BCUT2D eigenvalue weighted by Gasteiger charge is -2.15. The van der Waals surface area contributed by atoms with Crippen molar-refractivity contribution in [2.75, 3.05) is 18.7 Å². The van der Waals surface area contributed by atoms with Crippen LogP contribution in [0.15, 0.2) is 94.9 Å². The molecule has 0 fully saturated rings. The molecular weight excluding hydrogens is 579 g/mol. The van der Waals surface area contributed by atoms with E-state index in [1.54, 1.807) is 0 Å². The monoisotopic (exact) mass is 602 g/mol. The Balaban J connectivity index is 0.00000240. The number of halogens is 1. The summed E-state index contributed by atoms with van der Waals surface area (Å²) in [6.07, 6.45) is 2.33. The Labute approximate surface area is 231 Å². The number of fused-ring (bicyclic) bond motifs is 5. The van der Waals surface area contributed by atoms with Crippen LogP contribution in [-0.2, 0) is 7.05 Å². The molecule has 2 aliphatic rings. The molecule has 0 aliphatic carbocycles. The minimum atomic E-state index is 0. The normalized spacial score (nSPS) is 14.9. The summed E-state index contributed by atoms with van der Waals surface area (Å²) < 4.78 is 13.5. The number of nitrogens with zero attached hydrogens (tertiary/aromatic N) is 2. The largest absolute Gasteiger partial charge is 1.00 e. The van der Waals surface area contributed by atoms with Gasteiger partial charge in [0.05, 0.1) is 21.7 Å². The fourth-order valence-electron chi connectivity index (χ4n) is 5.12. The zero-order valence-electron chi connectivity index (χ0n) is 19.9. The highest BCUT2D eigenvalue weighted by Crippen LogP contribution is 2.46. The van der Waals surface area contributed by atoms with Gasteiger partial charge in [-0.1, -0.05) is 48.2 Å². The van der Waals surface area contributed by atoms with Gasteiger partial charge in [0.2, 0.25) is 18.0 Å². The summed E-state index contributed by atoms with van der Waals surface area (Å²) in [7, 11) is 4.28. The molecule has 4 aromatic carbocycles. The summed E-state index contributed by atoms with van der Waals surface area (Å²) in [4.78, 5) is 3.57. The third kappa shape index (κ3) is 3.62. The van der Waals surface area contributed by atoms with E-state index in [-0.39, 0.29) is 30.8 Å². The number of para-hydroxylation sites is 1. The van der Waals surface area contributed by atoms with E-state index in [2.05, 4.69) is 109 Å². The van der Waals surface area contributed by atoms with E-state index in [0.717, 1.165) is 22.8 Å². The van der Waals surface area contributed by atoms with Crippen LogP contribution in [0.5, 0.6) is 11.5 Å². The van der Waals surface area contributed by atoms with Crippen LogP contribution in [0.3, 0.4) is 0 Å². The van der Waals surface area contributed by atoms with Gasteiger partial charge in [-0.2, -0.15) is 4.57 Å². The number of aromatic nitrogens is 1. The zero-order chi connectivity index (χ0) is 23.5. The smallest absolute Gasteiger partial charge is 0.231 e. The zero-order valence-corrected chi connectivity index (χ0v) is 22.8. The first-order valence-corrected chi connectivity index (χ1v) is 12.5. The molecule has 0 bridgehead atoms. The SMILES string of the molecule is CN1C(=Cc2cc(-c3ccc4c(c3)OCO4)[n+](C)c3ccc4ccccc4c23)Sc2ccccc21.[I-]. The molecule has 36 heavy (non-hydrogen) atoms. The molecule has 0 radical (unpaired) electrons. The van der Waals surface area contributed by atoms with Crippen molar-refractivity contribution in [3.05, 3.63) is 95.5 Å². The van der Waals surface area contributed by atoms with E-state index < -0.39 is 0 Å². The summed E-state index contributed by atoms with van der Waals surface area (Å²) in [5.74, 6) is 1.59. The lowest BCUT2D eigenvalue weighted by atomic mass is 9.98. The summed E-state index contributed by atoms with van der Waals surface area (Å²) in [6, 6.07) is 30.1. The minimum absolute atomic E-state index is 0. The van der Waals surface area contributed by atoms with Crippen LogP contribution in [0.2, 0.25) is 0 Å². The first-order valence-electron chi connectivity index (χ1n) is 11.6. The van der Waals surface area contributed by atoms with Crippen molar-refractivity contribution in [2.45, 2.75) is 4.90 Å². The second-order valence-corrected chi connectivity index (χ2v) is 9.97. The standard InChI is InChI=1S/C30H23N2O2S.HI/c1-31-24-13-11-19-7-3-4-8-22(19)30(24)21(17-29-32(2)23-9-5-6-10-28(23)35-29)15-25(31)20-12-14-26-27(16-20)34-18-33-26;/h3-17H,18H2,1-2H3;1H/q+1;/p-1. The summed E-state index contributed by atoms with van der Waals surface area (Å²) in [5, 5.41) is 4.97. The van der Waals surface area contributed by atoms with Gasteiger partial charge < -0.3 is 38.4 Å². The first-order chi connectivity index (χ1) is 17.2. The van der Waals surface area contributed by atoms with E-state index in [0.29, 0.717) is 0 Å². The van der Waals surface area contributed by atoms with Crippen molar-refractivity contribution in [1.82, 2.24) is 0 Å². The van der Waals surface area contributed by atoms with Crippen LogP contribution in [0.25, 0.3) is 39.0 Å². The highest BCUT2D eigenvalue weighted by atomic mass is 127. The second-order valence-electron chi connectivity index (χ2n) is 8.90. The number of aryl methyl sites for hydroxylation is 1. The third-order valence-electron chi connectivity index (χ3n) is 6.93. The highest BCUT2D eigenvalue weighted by Gasteiger charge is 2.25. The van der Waals surface area contributed by atoms with Crippen LogP contribution in [0.4, 0.5) is 5.69 Å². The van der Waals surface area contributed by atoms with E-state index in [4.69, 9.17) is 9.47 Å². The number of ether oxygens (including phenoxy) is 2. The Kier molecular flexibility index (Phi) is 5.80. The number of anilines is 1. The predicted molar refractivity (Wildman–Crippen MR) is 143 cm³/mol. The number of thioether (sulfide) groups is 1. The molecule has 0 saturated carbocycles. The molecule has 6 heteroatoms. The molecule has 1 aromatic heterocycles. The number of pyridine rings is 1. The Morgan fingerprint density at radius 3 is 2.58 bits per heavy atom. The van der Waals surface area contributed by atoms with E-state index in [9.17, 15) is 0 Å². The van der Waals surface area contributed by atoms with Gasteiger partial charge in [0, 0.05) is 24.1 Å². The van der Waals surface area contributed by atoms with Gasteiger partial charge in [-0.3, -0.25) is 0 Å². The molecule has 4 nitrogen and oxygen atoms in total. The Morgan fingerprint density at radius 1 is 0.889 bits per heavy atom. The van der Waals surface area contributed by atoms with Gasteiger partial charge in [-0.25, -0.2) is 0 Å². The van der Waals surface area contributed by atoms with Crippen LogP contribution in [0, 0.1) is 0 Å². The van der Waals surface area contributed by atoms with E-state index in [1.165, 1.54) is 42.9 Å². The maximum absolute atomic E-state index is 5.68. The van der Waals surface area contributed by atoms with Crippen LogP contribution >= 0.6 is 11.8 Å². The highest BCUT2D eigenvalue weighted by molar-refractivity contribution is 8.03. The van der Waals surface area contributed by atoms with Crippen LogP contribution in [0.1, 0.15) is 5.56 Å². The third-order valence-corrected chi connectivity index (χ3v) is 8.10. The van der Waals surface area contributed by atoms with Crippen LogP contribution in [-0.4, -0.2) is 13.8 Å². The van der Waals surface area contributed by atoms with Gasteiger partial charge in [0.25, 0.3) is 0 Å². The minimum Gasteiger partial charge on any atom is -1.00 e. The molecule has 0 unspecified atom stereocenters. The van der Waals surface area contributed by atoms with Gasteiger partial charge in [-0.15, -0.1) is 0 Å². The molecule has 0 N–H and O–H groups in total. The van der Waals surface area contributed by atoms with E-state index >= 15 is 0 Å². The van der Waals surface area contributed by atoms with Crippen molar-refractivity contribution < 1.29 is 38.0 Å². The number of rotatable bonds is 2. The topological polar surface area (TPSA) is 25.6 Å². The summed E-state index contributed by atoms with van der Waals surface area (Å²) in [6.45, 7) is 0.274. The molecule has 7 rings (SSSR count). The van der Waals surface area contributed by atoms with Gasteiger partial charge in [0.1, 0.15) is 7.05 Å². The lowest BCUT2D eigenvalue weighted by Crippen LogP contribution is -3.00. The van der Waals surface area contributed by atoms with Gasteiger partial charge in [0.15, 0.2) is 11.5 Å². The van der Waals surface area contributed by atoms with Crippen LogP contribution < -0.4 is 42.9 Å².